The maximum Gasteiger partial charge on any atom is 0.321 e. The summed E-state index contributed by atoms with van der Waals surface area (Å²) >= 11 is 0. The monoisotopic (exact) mass is 350 g/mol. The summed E-state index contributed by atoms with van der Waals surface area (Å²) in [7, 11) is 0. The van der Waals surface area contributed by atoms with Crippen LogP contribution in [0.3, 0.4) is 0 Å². The second-order valence-corrected chi connectivity index (χ2v) is 5.88. The first kappa shape index (κ1) is 19.4. The van der Waals surface area contributed by atoms with Gasteiger partial charge in [0.05, 0.1) is 19.8 Å². The van der Waals surface area contributed by atoms with Gasteiger partial charge in [0.2, 0.25) is 0 Å². The Morgan fingerprint density at radius 1 is 1.28 bits per heavy atom. The molecule has 1 aliphatic rings. The number of carbonyl (C=O) groups excluding carboxylic acids is 1. The zero-order chi connectivity index (χ0) is 18.1. The average Bonchev–Trinajstić information content (AvgIpc) is 2.62. The molecule has 1 aromatic carbocycles. The van der Waals surface area contributed by atoms with Gasteiger partial charge in [0.25, 0.3) is 0 Å². The Morgan fingerprint density at radius 3 is 2.56 bits per heavy atom. The van der Waals surface area contributed by atoms with E-state index in [1.807, 2.05) is 6.92 Å². The number of nitrogens with one attached hydrogen (secondary N) is 1. The quantitative estimate of drug-likeness (QED) is 0.609. The Morgan fingerprint density at radius 2 is 1.96 bits per heavy atom. The molecule has 138 valence electrons. The van der Waals surface area contributed by atoms with Crippen LogP contribution in [-0.2, 0) is 9.53 Å². The summed E-state index contributed by atoms with van der Waals surface area (Å²) in [4.78, 5) is 26.0. The van der Waals surface area contributed by atoms with E-state index in [0.29, 0.717) is 37.7 Å². The summed E-state index contributed by atoms with van der Waals surface area (Å²) in [5.74, 6) is -0.520. The molecule has 1 aromatic rings. The molecule has 1 unspecified atom stereocenters. The number of ketones is 1. The van der Waals surface area contributed by atoms with E-state index in [-0.39, 0.29) is 12.2 Å². The van der Waals surface area contributed by atoms with Gasteiger partial charge in [-0.1, -0.05) is 0 Å². The third-order valence-corrected chi connectivity index (χ3v) is 4.10. The van der Waals surface area contributed by atoms with Crippen LogP contribution in [-0.4, -0.2) is 73.8 Å². The van der Waals surface area contributed by atoms with Crippen molar-refractivity contribution in [2.75, 3.05) is 46.0 Å². The first-order chi connectivity index (χ1) is 12.1. The molecular formula is C18H26N2O5. The van der Waals surface area contributed by atoms with E-state index in [9.17, 15) is 14.7 Å². The molecular weight excluding hydrogens is 324 g/mol. The minimum absolute atomic E-state index is 0.0770. The number of benzene rings is 1. The van der Waals surface area contributed by atoms with Gasteiger partial charge < -0.3 is 19.9 Å². The van der Waals surface area contributed by atoms with Crippen molar-refractivity contribution in [1.29, 1.82) is 0 Å². The first-order valence-electron chi connectivity index (χ1n) is 8.62. The molecule has 1 atom stereocenters. The molecule has 0 aliphatic carbocycles. The highest BCUT2D eigenvalue weighted by molar-refractivity contribution is 5.98. The zero-order valence-corrected chi connectivity index (χ0v) is 14.6. The van der Waals surface area contributed by atoms with Crippen molar-refractivity contribution in [3.63, 3.8) is 0 Å². The van der Waals surface area contributed by atoms with Crippen molar-refractivity contribution < 1.29 is 24.2 Å². The molecule has 0 radical (unpaired) electrons. The van der Waals surface area contributed by atoms with Crippen LogP contribution in [0.15, 0.2) is 24.3 Å². The molecule has 1 saturated heterocycles. The number of carbonyl (C=O) groups is 2. The number of morpholine rings is 1. The van der Waals surface area contributed by atoms with Crippen molar-refractivity contribution in [2.45, 2.75) is 19.4 Å². The Bertz CT molecular complexity index is 555. The van der Waals surface area contributed by atoms with Gasteiger partial charge in [0.15, 0.2) is 5.78 Å². The van der Waals surface area contributed by atoms with E-state index >= 15 is 0 Å². The Balaban J connectivity index is 1.82. The number of hydrogen-bond donors (Lipinski definition) is 2. The van der Waals surface area contributed by atoms with Crippen LogP contribution in [0.2, 0.25) is 0 Å². The van der Waals surface area contributed by atoms with Crippen molar-refractivity contribution in [2.24, 2.45) is 0 Å². The molecule has 0 amide bonds. The largest absolute Gasteiger partial charge is 0.494 e. The molecule has 7 heteroatoms. The number of hydrogen-bond acceptors (Lipinski definition) is 6. The van der Waals surface area contributed by atoms with E-state index in [1.54, 1.807) is 24.3 Å². The minimum atomic E-state index is -1.01. The van der Waals surface area contributed by atoms with Crippen LogP contribution < -0.4 is 10.1 Å². The topological polar surface area (TPSA) is 88.1 Å². The molecule has 1 fully saturated rings. The van der Waals surface area contributed by atoms with Crippen molar-refractivity contribution >= 4 is 11.8 Å². The number of carboxylic acids is 1. The fourth-order valence-electron chi connectivity index (χ4n) is 2.68. The Labute approximate surface area is 147 Å². The van der Waals surface area contributed by atoms with E-state index in [0.717, 1.165) is 19.6 Å². The summed E-state index contributed by atoms with van der Waals surface area (Å²) in [5.41, 5.74) is 0.490. The molecule has 0 bridgehead atoms. The molecule has 25 heavy (non-hydrogen) atoms. The van der Waals surface area contributed by atoms with E-state index in [2.05, 4.69) is 10.2 Å². The fourth-order valence-corrected chi connectivity index (χ4v) is 2.68. The fraction of sp³-hybridized carbons (Fsp3) is 0.556. The summed E-state index contributed by atoms with van der Waals surface area (Å²) in [6, 6.07) is 5.89. The summed E-state index contributed by atoms with van der Waals surface area (Å²) < 4.78 is 10.6. The molecule has 1 aliphatic heterocycles. The van der Waals surface area contributed by atoms with Crippen molar-refractivity contribution in [3.8, 4) is 5.75 Å². The third-order valence-electron chi connectivity index (χ3n) is 4.10. The lowest BCUT2D eigenvalue weighted by atomic mass is 10.0. The van der Waals surface area contributed by atoms with Crippen LogP contribution in [0.5, 0.6) is 5.75 Å². The first-order valence-corrected chi connectivity index (χ1v) is 8.62. The molecule has 2 rings (SSSR count). The third kappa shape index (κ3) is 6.45. The number of aliphatic carboxylic acids is 1. The summed E-state index contributed by atoms with van der Waals surface area (Å²) in [6.07, 6.45) is -0.0770. The maximum atomic E-state index is 12.3. The normalized spacial score (nSPS) is 16.4. The number of nitrogens with zero attached hydrogens (tertiary/aromatic N) is 1. The summed E-state index contributed by atoms with van der Waals surface area (Å²) in [5, 5.41) is 12.3. The highest BCUT2D eigenvalue weighted by Crippen LogP contribution is 2.14. The highest BCUT2D eigenvalue weighted by Gasteiger charge is 2.22. The van der Waals surface area contributed by atoms with Gasteiger partial charge in [-0.25, -0.2) is 0 Å². The smallest absolute Gasteiger partial charge is 0.321 e. The molecule has 1 heterocycles. The molecule has 2 N–H and O–H groups in total. The molecule has 0 aromatic heterocycles. The van der Waals surface area contributed by atoms with E-state index < -0.39 is 12.0 Å². The van der Waals surface area contributed by atoms with Gasteiger partial charge in [0, 0.05) is 38.2 Å². The summed E-state index contributed by atoms with van der Waals surface area (Å²) in [6.45, 7) is 6.82. The lowest BCUT2D eigenvalue weighted by Crippen LogP contribution is -2.45. The predicted octanol–water partition coefficient (Wildman–Crippen LogP) is 1.03. The van der Waals surface area contributed by atoms with Crippen molar-refractivity contribution in [1.82, 2.24) is 10.2 Å². The lowest BCUT2D eigenvalue weighted by Gasteiger charge is -2.27. The number of Topliss-reactive ketones (excluding diaryl/α,β-unsaturated/α-hetero) is 1. The van der Waals surface area contributed by atoms with Crippen LogP contribution >= 0.6 is 0 Å². The van der Waals surface area contributed by atoms with Crippen molar-refractivity contribution in [3.05, 3.63) is 29.8 Å². The molecule has 0 spiro atoms. The SMILES string of the molecule is CCOc1ccc(C(=O)CC(NCCN2CCOCC2)C(=O)O)cc1. The van der Waals surface area contributed by atoms with Gasteiger partial charge in [-0.2, -0.15) is 0 Å². The van der Waals surface area contributed by atoms with Gasteiger partial charge >= 0.3 is 5.97 Å². The molecule has 0 saturated carbocycles. The lowest BCUT2D eigenvalue weighted by molar-refractivity contribution is -0.139. The van der Waals surface area contributed by atoms with Gasteiger partial charge in [-0.3, -0.25) is 14.5 Å². The van der Waals surface area contributed by atoms with Gasteiger partial charge in [-0.05, 0) is 31.2 Å². The number of rotatable bonds is 10. The zero-order valence-electron chi connectivity index (χ0n) is 14.6. The highest BCUT2D eigenvalue weighted by atomic mass is 16.5. The molecule has 7 nitrogen and oxygen atoms in total. The van der Waals surface area contributed by atoms with Crippen LogP contribution in [0.25, 0.3) is 0 Å². The number of carboxylic acid groups (broad SMARTS) is 1. The average molecular weight is 350 g/mol. The van der Waals surface area contributed by atoms with Crippen LogP contribution in [0.4, 0.5) is 0 Å². The van der Waals surface area contributed by atoms with Crippen LogP contribution in [0, 0.1) is 0 Å². The predicted molar refractivity (Wildman–Crippen MR) is 93.2 cm³/mol. The maximum absolute atomic E-state index is 12.3. The standard InChI is InChI=1S/C18H26N2O5/c1-2-25-15-5-3-14(4-6-15)17(21)13-16(18(22)23)19-7-8-20-9-11-24-12-10-20/h3-6,16,19H,2,7-13H2,1H3,(H,22,23). The van der Waals surface area contributed by atoms with Gasteiger partial charge in [-0.15, -0.1) is 0 Å². The van der Waals surface area contributed by atoms with Crippen LogP contribution in [0.1, 0.15) is 23.7 Å². The van der Waals surface area contributed by atoms with E-state index in [4.69, 9.17) is 9.47 Å². The Kier molecular flexibility index (Phi) is 7.84. The number of ether oxygens (including phenoxy) is 2. The second-order valence-electron chi connectivity index (χ2n) is 5.88. The Hall–Kier alpha value is -1.96. The van der Waals surface area contributed by atoms with Gasteiger partial charge in [0.1, 0.15) is 11.8 Å². The second kappa shape index (κ2) is 10.1. The van der Waals surface area contributed by atoms with E-state index in [1.165, 1.54) is 0 Å². The minimum Gasteiger partial charge on any atom is -0.494 e.